The zero-order valence-corrected chi connectivity index (χ0v) is 17.5. The van der Waals surface area contributed by atoms with Crippen LogP contribution in [0.15, 0.2) is 72.5 Å². The molecule has 0 amide bonds. The van der Waals surface area contributed by atoms with Crippen molar-refractivity contribution in [2.45, 2.75) is 17.8 Å². The predicted molar refractivity (Wildman–Crippen MR) is 119 cm³/mol. The number of benzene rings is 2. The number of H-pyrrole nitrogens is 1. The second-order valence-electron chi connectivity index (χ2n) is 7.06. The lowest BCUT2D eigenvalue weighted by molar-refractivity contribution is 0.0821. The van der Waals surface area contributed by atoms with Crippen molar-refractivity contribution in [3.05, 3.63) is 78.8 Å². The van der Waals surface area contributed by atoms with Crippen molar-refractivity contribution in [2.24, 2.45) is 0 Å². The third-order valence-corrected chi connectivity index (χ3v) is 6.04. The lowest BCUT2D eigenvalue weighted by Crippen LogP contribution is -2.25. The Bertz CT molecular complexity index is 1260. The van der Waals surface area contributed by atoms with E-state index >= 15 is 0 Å². The second-order valence-corrected chi connectivity index (χ2v) is 8.01. The Balaban J connectivity index is 1.35. The lowest BCUT2D eigenvalue weighted by atomic mass is 10.1. The van der Waals surface area contributed by atoms with Gasteiger partial charge in [0.2, 0.25) is 0 Å². The quantitative estimate of drug-likeness (QED) is 0.264. The SMILES string of the molecule is C=CCn1c(SCC(=O)c2c[nH]c3ccccc23)nnc1[C@@H]1COc2ccccc2O1. The van der Waals surface area contributed by atoms with Crippen LogP contribution in [0.4, 0.5) is 0 Å². The molecule has 7 nitrogen and oxygen atoms in total. The Hall–Kier alpha value is -3.52. The van der Waals surface area contributed by atoms with Gasteiger partial charge < -0.3 is 14.5 Å². The summed E-state index contributed by atoms with van der Waals surface area (Å²) in [4.78, 5) is 16.0. The number of thioether (sulfide) groups is 1. The van der Waals surface area contributed by atoms with E-state index in [1.54, 1.807) is 12.3 Å². The van der Waals surface area contributed by atoms with E-state index in [2.05, 4.69) is 21.8 Å². The van der Waals surface area contributed by atoms with Gasteiger partial charge in [-0.2, -0.15) is 0 Å². The van der Waals surface area contributed by atoms with Crippen molar-refractivity contribution in [1.82, 2.24) is 19.7 Å². The van der Waals surface area contributed by atoms with Crippen LogP contribution in [-0.2, 0) is 6.54 Å². The van der Waals surface area contributed by atoms with E-state index in [-0.39, 0.29) is 17.6 Å². The number of nitrogens with zero attached hydrogens (tertiary/aromatic N) is 3. The van der Waals surface area contributed by atoms with Crippen LogP contribution < -0.4 is 9.47 Å². The highest BCUT2D eigenvalue weighted by atomic mass is 32.2. The van der Waals surface area contributed by atoms with Gasteiger partial charge in [-0.3, -0.25) is 9.36 Å². The Labute approximate surface area is 183 Å². The fourth-order valence-corrected chi connectivity index (χ4v) is 4.44. The van der Waals surface area contributed by atoms with E-state index < -0.39 is 0 Å². The minimum absolute atomic E-state index is 0.0309. The molecule has 0 radical (unpaired) electrons. The number of aromatic amines is 1. The van der Waals surface area contributed by atoms with Crippen molar-refractivity contribution >= 4 is 28.4 Å². The third-order valence-electron chi connectivity index (χ3n) is 5.08. The van der Waals surface area contributed by atoms with Gasteiger partial charge in [-0.15, -0.1) is 16.8 Å². The number of para-hydroxylation sites is 3. The maximum absolute atomic E-state index is 12.8. The molecule has 1 aliphatic rings. The molecule has 4 aromatic rings. The Morgan fingerprint density at radius 3 is 2.87 bits per heavy atom. The molecule has 0 saturated carbocycles. The summed E-state index contributed by atoms with van der Waals surface area (Å²) in [5, 5.41) is 10.2. The van der Waals surface area contributed by atoms with Crippen LogP contribution in [0.1, 0.15) is 22.3 Å². The normalized spacial score (nSPS) is 15.2. The van der Waals surface area contributed by atoms with Gasteiger partial charge in [0.25, 0.3) is 0 Å². The first-order valence-corrected chi connectivity index (χ1v) is 10.9. The highest BCUT2D eigenvalue weighted by Crippen LogP contribution is 2.36. The molecule has 3 heterocycles. The first-order valence-electron chi connectivity index (χ1n) is 9.89. The number of hydrogen-bond acceptors (Lipinski definition) is 6. The average Bonchev–Trinajstić information content (AvgIpc) is 3.42. The minimum atomic E-state index is -0.388. The zero-order chi connectivity index (χ0) is 21.2. The van der Waals surface area contributed by atoms with Crippen molar-refractivity contribution in [3.8, 4) is 11.5 Å². The minimum Gasteiger partial charge on any atom is -0.485 e. The largest absolute Gasteiger partial charge is 0.485 e. The van der Waals surface area contributed by atoms with Crippen molar-refractivity contribution in [1.29, 1.82) is 0 Å². The number of ketones is 1. The van der Waals surface area contributed by atoms with Gasteiger partial charge in [-0.25, -0.2) is 0 Å². The summed E-state index contributed by atoms with van der Waals surface area (Å²) >= 11 is 1.35. The van der Waals surface area contributed by atoms with Crippen LogP contribution in [0.2, 0.25) is 0 Å². The number of Topliss-reactive ketones (excluding diaryl/α,β-unsaturated/α-hetero) is 1. The molecular weight excluding hydrogens is 412 g/mol. The predicted octanol–water partition coefficient (Wildman–Crippen LogP) is 4.43. The van der Waals surface area contributed by atoms with E-state index in [9.17, 15) is 4.79 Å². The smallest absolute Gasteiger partial charge is 0.192 e. The number of nitrogens with one attached hydrogen (secondary N) is 1. The molecule has 31 heavy (non-hydrogen) atoms. The average molecular weight is 433 g/mol. The Morgan fingerprint density at radius 1 is 1.19 bits per heavy atom. The molecule has 0 fully saturated rings. The van der Waals surface area contributed by atoms with Crippen molar-refractivity contribution in [2.75, 3.05) is 12.4 Å². The molecule has 0 spiro atoms. The third kappa shape index (κ3) is 3.70. The monoisotopic (exact) mass is 432 g/mol. The molecule has 2 aromatic carbocycles. The van der Waals surface area contributed by atoms with E-state index in [0.717, 1.165) is 10.9 Å². The fourth-order valence-electron chi connectivity index (χ4n) is 3.60. The van der Waals surface area contributed by atoms with E-state index in [0.29, 0.717) is 41.2 Å². The number of allylic oxidation sites excluding steroid dienone is 1. The molecule has 1 N–H and O–H groups in total. The molecule has 1 atom stereocenters. The summed E-state index contributed by atoms with van der Waals surface area (Å²) in [6.45, 7) is 4.69. The highest BCUT2D eigenvalue weighted by Gasteiger charge is 2.28. The van der Waals surface area contributed by atoms with Crippen molar-refractivity contribution in [3.63, 3.8) is 0 Å². The maximum atomic E-state index is 12.8. The standard InChI is InChI=1S/C23H20N4O3S/c1-2-11-27-22(21-13-29-19-9-5-6-10-20(19)30-21)25-26-23(27)31-14-18(28)16-12-24-17-8-4-3-7-15(16)17/h2-10,12,21,24H,1,11,13-14H2/t21-/m0/s1. The summed E-state index contributed by atoms with van der Waals surface area (Å²) in [5.41, 5.74) is 1.63. The van der Waals surface area contributed by atoms with Gasteiger partial charge in [0.05, 0.1) is 5.75 Å². The van der Waals surface area contributed by atoms with Gasteiger partial charge in [0, 0.05) is 29.2 Å². The zero-order valence-electron chi connectivity index (χ0n) is 16.7. The topological polar surface area (TPSA) is 82.0 Å². The van der Waals surface area contributed by atoms with Crippen LogP contribution in [0, 0.1) is 0 Å². The first-order chi connectivity index (χ1) is 15.2. The molecule has 5 rings (SSSR count). The van der Waals surface area contributed by atoms with E-state index in [1.807, 2.05) is 53.1 Å². The number of aromatic nitrogens is 4. The molecule has 2 aromatic heterocycles. The van der Waals surface area contributed by atoms with Gasteiger partial charge in [0.1, 0.15) is 6.61 Å². The van der Waals surface area contributed by atoms with Gasteiger partial charge in [0.15, 0.2) is 34.4 Å². The number of hydrogen-bond donors (Lipinski definition) is 1. The summed E-state index contributed by atoms with van der Waals surface area (Å²) in [6, 6.07) is 15.3. The molecular formula is C23H20N4O3S. The lowest BCUT2D eigenvalue weighted by Gasteiger charge is -2.26. The summed E-state index contributed by atoms with van der Waals surface area (Å²) in [5.74, 6) is 2.32. The molecule has 0 unspecified atom stereocenters. The van der Waals surface area contributed by atoms with Crippen LogP contribution in [0.5, 0.6) is 11.5 Å². The summed E-state index contributed by atoms with van der Waals surface area (Å²) in [7, 11) is 0. The van der Waals surface area contributed by atoms with Gasteiger partial charge >= 0.3 is 0 Å². The molecule has 0 aliphatic carbocycles. The van der Waals surface area contributed by atoms with Crippen LogP contribution in [0.25, 0.3) is 10.9 Å². The van der Waals surface area contributed by atoms with Gasteiger partial charge in [-0.05, 0) is 18.2 Å². The number of rotatable bonds is 7. The number of carbonyl (C=O) groups is 1. The fraction of sp³-hybridized carbons (Fsp3) is 0.174. The number of carbonyl (C=O) groups excluding carboxylic acids is 1. The molecule has 1 aliphatic heterocycles. The van der Waals surface area contributed by atoms with Crippen LogP contribution in [-0.4, -0.2) is 37.9 Å². The number of fused-ring (bicyclic) bond motifs is 2. The maximum Gasteiger partial charge on any atom is 0.192 e. The van der Waals surface area contributed by atoms with Crippen LogP contribution in [0.3, 0.4) is 0 Å². The molecule has 0 bridgehead atoms. The highest BCUT2D eigenvalue weighted by molar-refractivity contribution is 7.99. The van der Waals surface area contributed by atoms with Crippen LogP contribution >= 0.6 is 11.8 Å². The molecule has 156 valence electrons. The molecule has 8 heteroatoms. The van der Waals surface area contributed by atoms with Crippen molar-refractivity contribution < 1.29 is 14.3 Å². The Morgan fingerprint density at radius 2 is 2.00 bits per heavy atom. The molecule has 0 saturated heterocycles. The second kappa shape index (κ2) is 8.31. The first kappa shape index (κ1) is 19.4. The van der Waals surface area contributed by atoms with E-state index in [1.165, 1.54) is 11.8 Å². The van der Waals surface area contributed by atoms with E-state index in [4.69, 9.17) is 9.47 Å². The van der Waals surface area contributed by atoms with Gasteiger partial charge in [-0.1, -0.05) is 48.2 Å². The summed E-state index contributed by atoms with van der Waals surface area (Å²) < 4.78 is 13.8. The number of ether oxygens (including phenoxy) is 2. The summed E-state index contributed by atoms with van der Waals surface area (Å²) in [6.07, 6.45) is 3.15. The Kier molecular flexibility index (Phi) is 5.21.